The van der Waals surface area contributed by atoms with Crippen LogP contribution in [0.15, 0.2) is 24.3 Å². The standard InChI is InChI=1S/C18H23NO4/c1-12-5-3-4-6-16(12)19-17(21)13(2)23-18(22)15-9-7-14(11-20)8-10-15/h7-13,16H,3-6H2,1-2H3,(H,19,21)/t12-,13-,16-/m1/s1. The quantitative estimate of drug-likeness (QED) is 0.669. The molecule has 23 heavy (non-hydrogen) atoms. The van der Waals surface area contributed by atoms with Crippen molar-refractivity contribution < 1.29 is 19.1 Å². The predicted octanol–water partition coefficient (Wildman–Crippen LogP) is 2.74. The molecule has 1 aromatic carbocycles. The predicted molar refractivity (Wildman–Crippen MR) is 86.3 cm³/mol. The van der Waals surface area contributed by atoms with E-state index in [4.69, 9.17) is 4.74 Å². The molecule has 1 N–H and O–H groups in total. The van der Waals surface area contributed by atoms with Crippen LogP contribution in [0, 0.1) is 5.92 Å². The first kappa shape index (κ1) is 17.2. The molecule has 1 aromatic rings. The smallest absolute Gasteiger partial charge is 0.338 e. The fourth-order valence-corrected chi connectivity index (χ4v) is 2.81. The molecule has 0 heterocycles. The molecule has 3 atom stereocenters. The van der Waals surface area contributed by atoms with Gasteiger partial charge in [0.05, 0.1) is 5.56 Å². The van der Waals surface area contributed by atoms with Gasteiger partial charge in [-0.15, -0.1) is 0 Å². The lowest BCUT2D eigenvalue weighted by molar-refractivity contribution is -0.130. The number of nitrogens with one attached hydrogen (secondary N) is 1. The van der Waals surface area contributed by atoms with Crippen molar-refractivity contribution in [3.63, 3.8) is 0 Å². The number of ether oxygens (including phenoxy) is 1. The van der Waals surface area contributed by atoms with E-state index in [1.165, 1.54) is 30.7 Å². The molecule has 0 bridgehead atoms. The van der Waals surface area contributed by atoms with Gasteiger partial charge in [-0.05, 0) is 37.8 Å². The Kier molecular flexibility index (Phi) is 5.90. The molecule has 0 aromatic heterocycles. The van der Waals surface area contributed by atoms with Gasteiger partial charge in [-0.3, -0.25) is 9.59 Å². The normalized spacial score (nSPS) is 22.0. The van der Waals surface area contributed by atoms with Crippen molar-refractivity contribution in [2.75, 3.05) is 0 Å². The summed E-state index contributed by atoms with van der Waals surface area (Å²) in [6.07, 6.45) is 4.27. The van der Waals surface area contributed by atoms with E-state index < -0.39 is 12.1 Å². The highest BCUT2D eigenvalue weighted by molar-refractivity contribution is 5.92. The monoisotopic (exact) mass is 317 g/mol. The van der Waals surface area contributed by atoms with Crippen LogP contribution in [0.2, 0.25) is 0 Å². The highest BCUT2D eigenvalue weighted by Crippen LogP contribution is 2.23. The van der Waals surface area contributed by atoms with E-state index in [1.54, 1.807) is 6.92 Å². The molecule has 1 aliphatic carbocycles. The first-order chi connectivity index (χ1) is 11.0. The van der Waals surface area contributed by atoms with Crippen LogP contribution >= 0.6 is 0 Å². The molecule has 0 radical (unpaired) electrons. The average Bonchev–Trinajstić information content (AvgIpc) is 2.56. The Balaban J connectivity index is 1.89. The fraction of sp³-hybridized carbons (Fsp3) is 0.500. The number of benzene rings is 1. The van der Waals surface area contributed by atoms with Crippen LogP contribution in [-0.4, -0.2) is 30.3 Å². The molecule has 0 spiro atoms. The fourth-order valence-electron chi connectivity index (χ4n) is 2.81. The molecule has 0 saturated heterocycles. The molecule has 5 heteroatoms. The van der Waals surface area contributed by atoms with Crippen molar-refractivity contribution in [3.05, 3.63) is 35.4 Å². The Hall–Kier alpha value is -2.17. The maximum absolute atomic E-state index is 12.2. The number of aldehydes is 1. The lowest BCUT2D eigenvalue weighted by Gasteiger charge is -2.30. The van der Waals surface area contributed by atoms with Gasteiger partial charge in [0.15, 0.2) is 6.10 Å². The average molecular weight is 317 g/mol. The maximum Gasteiger partial charge on any atom is 0.338 e. The van der Waals surface area contributed by atoms with Crippen LogP contribution in [-0.2, 0) is 9.53 Å². The molecule has 1 amide bonds. The number of amides is 1. The molecule has 0 unspecified atom stereocenters. The summed E-state index contributed by atoms with van der Waals surface area (Å²) in [7, 11) is 0. The molecule has 5 nitrogen and oxygen atoms in total. The van der Waals surface area contributed by atoms with Gasteiger partial charge in [-0.2, -0.15) is 0 Å². The van der Waals surface area contributed by atoms with E-state index in [-0.39, 0.29) is 11.9 Å². The highest BCUT2D eigenvalue weighted by atomic mass is 16.5. The minimum Gasteiger partial charge on any atom is -0.449 e. The summed E-state index contributed by atoms with van der Waals surface area (Å²) in [6, 6.07) is 6.26. The second-order valence-corrected chi connectivity index (χ2v) is 6.16. The summed E-state index contributed by atoms with van der Waals surface area (Å²) in [5.41, 5.74) is 0.805. The van der Waals surface area contributed by atoms with Crippen molar-refractivity contribution in [1.82, 2.24) is 5.32 Å². The summed E-state index contributed by atoms with van der Waals surface area (Å²) < 4.78 is 5.21. The van der Waals surface area contributed by atoms with Gasteiger partial charge in [-0.25, -0.2) is 4.79 Å². The number of hydrogen-bond acceptors (Lipinski definition) is 4. The van der Waals surface area contributed by atoms with Gasteiger partial charge in [-0.1, -0.05) is 31.9 Å². The van der Waals surface area contributed by atoms with Crippen molar-refractivity contribution in [2.24, 2.45) is 5.92 Å². The largest absolute Gasteiger partial charge is 0.449 e. The van der Waals surface area contributed by atoms with Crippen LogP contribution in [0.3, 0.4) is 0 Å². The molecular weight excluding hydrogens is 294 g/mol. The van der Waals surface area contributed by atoms with Crippen LogP contribution in [0.5, 0.6) is 0 Å². The van der Waals surface area contributed by atoms with E-state index in [1.807, 2.05) is 0 Å². The van der Waals surface area contributed by atoms with E-state index >= 15 is 0 Å². The molecule has 1 aliphatic rings. The third-order valence-corrected chi connectivity index (χ3v) is 4.37. The number of rotatable bonds is 5. The molecular formula is C18H23NO4. The van der Waals surface area contributed by atoms with Crippen molar-refractivity contribution in [3.8, 4) is 0 Å². The van der Waals surface area contributed by atoms with Crippen LogP contribution in [0.25, 0.3) is 0 Å². The molecule has 0 aliphatic heterocycles. The Morgan fingerprint density at radius 1 is 1.22 bits per heavy atom. The number of carbonyl (C=O) groups is 3. The Labute approximate surface area is 136 Å². The van der Waals surface area contributed by atoms with Gasteiger partial charge in [0.1, 0.15) is 6.29 Å². The minimum absolute atomic E-state index is 0.157. The van der Waals surface area contributed by atoms with E-state index in [2.05, 4.69) is 12.2 Å². The van der Waals surface area contributed by atoms with Gasteiger partial charge < -0.3 is 10.1 Å². The summed E-state index contributed by atoms with van der Waals surface area (Å²) in [6.45, 7) is 3.70. The highest BCUT2D eigenvalue weighted by Gasteiger charge is 2.26. The van der Waals surface area contributed by atoms with Crippen LogP contribution in [0.1, 0.15) is 60.2 Å². The van der Waals surface area contributed by atoms with Crippen molar-refractivity contribution in [1.29, 1.82) is 0 Å². The summed E-state index contributed by atoms with van der Waals surface area (Å²) in [5.74, 6) is -0.380. The Morgan fingerprint density at radius 3 is 2.48 bits per heavy atom. The van der Waals surface area contributed by atoms with Gasteiger partial charge in [0.25, 0.3) is 5.91 Å². The van der Waals surface area contributed by atoms with E-state index in [0.29, 0.717) is 23.3 Å². The Morgan fingerprint density at radius 2 is 1.87 bits per heavy atom. The van der Waals surface area contributed by atoms with Gasteiger partial charge in [0.2, 0.25) is 0 Å². The number of carbonyl (C=O) groups excluding carboxylic acids is 3. The SMILES string of the molecule is C[C@@H]1CCCC[C@H]1NC(=O)[C@@H](C)OC(=O)c1ccc(C=O)cc1. The van der Waals surface area contributed by atoms with Gasteiger partial charge in [0, 0.05) is 11.6 Å². The second kappa shape index (κ2) is 7.90. The van der Waals surface area contributed by atoms with Crippen molar-refractivity contribution >= 4 is 18.2 Å². The van der Waals surface area contributed by atoms with Gasteiger partial charge >= 0.3 is 5.97 Å². The van der Waals surface area contributed by atoms with E-state index in [9.17, 15) is 14.4 Å². The summed E-state index contributed by atoms with van der Waals surface area (Å²) in [4.78, 5) is 34.8. The number of esters is 1. The first-order valence-electron chi connectivity index (χ1n) is 8.08. The zero-order valence-electron chi connectivity index (χ0n) is 13.6. The topological polar surface area (TPSA) is 72.5 Å². The number of hydrogen-bond donors (Lipinski definition) is 1. The third-order valence-electron chi connectivity index (χ3n) is 4.37. The lowest BCUT2D eigenvalue weighted by atomic mass is 9.86. The van der Waals surface area contributed by atoms with Crippen LogP contribution < -0.4 is 5.32 Å². The van der Waals surface area contributed by atoms with Crippen LogP contribution in [0.4, 0.5) is 0 Å². The third kappa shape index (κ3) is 4.65. The maximum atomic E-state index is 12.2. The summed E-state index contributed by atoms with van der Waals surface area (Å²) >= 11 is 0. The lowest BCUT2D eigenvalue weighted by Crippen LogP contribution is -2.45. The second-order valence-electron chi connectivity index (χ2n) is 6.16. The summed E-state index contributed by atoms with van der Waals surface area (Å²) in [5, 5.41) is 2.98. The zero-order chi connectivity index (χ0) is 16.8. The minimum atomic E-state index is -0.845. The van der Waals surface area contributed by atoms with E-state index in [0.717, 1.165) is 19.3 Å². The molecule has 1 fully saturated rings. The van der Waals surface area contributed by atoms with Crippen molar-refractivity contribution in [2.45, 2.75) is 51.7 Å². The molecule has 2 rings (SSSR count). The molecule has 124 valence electrons. The molecule has 1 saturated carbocycles. The first-order valence-corrected chi connectivity index (χ1v) is 8.08. The zero-order valence-corrected chi connectivity index (χ0v) is 13.6. The Bertz CT molecular complexity index is 567.